The predicted octanol–water partition coefficient (Wildman–Crippen LogP) is 6.34. The van der Waals surface area contributed by atoms with Gasteiger partial charge in [-0.25, -0.2) is 0 Å². The lowest BCUT2D eigenvalue weighted by Gasteiger charge is -2.43. The molecule has 1 heterocycles. The van der Waals surface area contributed by atoms with Crippen LogP contribution in [0.4, 0.5) is 0 Å². The van der Waals surface area contributed by atoms with Crippen LogP contribution in [0.1, 0.15) is 27.2 Å². The number of rotatable bonds is 8. The van der Waals surface area contributed by atoms with Crippen LogP contribution >= 0.6 is 15.9 Å². The maximum absolute atomic E-state index is 6.95. The minimum absolute atomic E-state index is 0.0237. The molecule has 0 bridgehead atoms. The van der Waals surface area contributed by atoms with Crippen LogP contribution in [-0.4, -0.2) is 26.5 Å². The van der Waals surface area contributed by atoms with Crippen molar-refractivity contribution in [1.29, 1.82) is 0 Å². The maximum Gasteiger partial charge on any atom is 0.261 e. The van der Waals surface area contributed by atoms with Crippen LogP contribution < -0.4 is 15.1 Å². The van der Waals surface area contributed by atoms with E-state index in [1.165, 1.54) is 10.4 Å². The Morgan fingerprint density at radius 1 is 0.818 bits per heavy atom. The second-order valence-electron chi connectivity index (χ2n) is 9.19. The zero-order valence-corrected chi connectivity index (χ0v) is 22.0. The van der Waals surface area contributed by atoms with Crippen molar-refractivity contribution in [2.24, 2.45) is 0 Å². The maximum atomic E-state index is 6.95. The molecule has 0 atom stereocenters. The number of nitrogens with zero attached hydrogens (tertiary/aromatic N) is 1. The molecule has 170 valence electrons. The fourth-order valence-electron chi connectivity index (χ4n) is 4.45. The number of benzene rings is 3. The average Bonchev–Trinajstić information content (AvgIpc) is 2.82. The highest BCUT2D eigenvalue weighted by Crippen LogP contribution is 2.36. The van der Waals surface area contributed by atoms with E-state index in [0.717, 1.165) is 27.5 Å². The Kier molecular flexibility index (Phi) is 7.32. The number of ether oxygens (including phenoxy) is 1. The molecule has 0 saturated heterocycles. The van der Waals surface area contributed by atoms with Crippen LogP contribution in [0.3, 0.4) is 0 Å². The standard InChI is InChI=1S/C28H30BrNO2Si/c1-28(2,3)33(23-12-6-4-7-13-23,24-14-8-5-9-15-24)32-19-11-18-31-27-17-10-16-26-25(27)20-22(29)21-30-26/h4-10,12-17,20-21H,11,18-19H2,1-3H3. The fourth-order valence-corrected chi connectivity index (χ4v) is 9.39. The predicted molar refractivity (Wildman–Crippen MR) is 143 cm³/mol. The molecule has 0 aliphatic heterocycles. The highest BCUT2D eigenvalue weighted by Gasteiger charge is 2.49. The third kappa shape index (κ3) is 5.06. The summed E-state index contributed by atoms with van der Waals surface area (Å²) in [4.78, 5) is 4.47. The largest absolute Gasteiger partial charge is 0.493 e. The molecule has 0 radical (unpaired) electrons. The van der Waals surface area contributed by atoms with E-state index in [1.807, 2.05) is 24.4 Å². The van der Waals surface area contributed by atoms with Gasteiger partial charge in [0.2, 0.25) is 0 Å². The Hall–Kier alpha value is -2.47. The van der Waals surface area contributed by atoms with Crippen molar-refractivity contribution in [3.63, 3.8) is 0 Å². The molecule has 0 saturated carbocycles. The van der Waals surface area contributed by atoms with Gasteiger partial charge in [0.1, 0.15) is 5.75 Å². The Labute approximate surface area is 206 Å². The van der Waals surface area contributed by atoms with Gasteiger partial charge in [-0.3, -0.25) is 4.98 Å². The molecule has 0 aliphatic rings. The highest BCUT2D eigenvalue weighted by molar-refractivity contribution is 9.10. The van der Waals surface area contributed by atoms with E-state index in [9.17, 15) is 0 Å². The quantitative estimate of drug-likeness (QED) is 0.201. The van der Waals surface area contributed by atoms with Gasteiger partial charge in [-0.15, -0.1) is 0 Å². The van der Waals surface area contributed by atoms with Crippen molar-refractivity contribution in [3.05, 3.63) is 95.6 Å². The Balaban J connectivity index is 1.52. The van der Waals surface area contributed by atoms with Crippen molar-refractivity contribution in [2.45, 2.75) is 32.2 Å². The summed E-state index contributed by atoms with van der Waals surface area (Å²) >= 11 is 3.51. The molecule has 0 amide bonds. The highest BCUT2D eigenvalue weighted by atomic mass is 79.9. The second-order valence-corrected chi connectivity index (χ2v) is 14.4. The fraction of sp³-hybridized carbons (Fsp3) is 0.250. The summed E-state index contributed by atoms with van der Waals surface area (Å²) in [5.41, 5.74) is 0.930. The van der Waals surface area contributed by atoms with E-state index < -0.39 is 8.32 Å². The van der Waals surface area contributed by atoms with E-state index in [1.54, 1.807) is 0 Å². The average molecular weight is 521 g/mol. The first-order valence-electron chi connectivity index (χ1n) is 11.3. The first kappa shape index (κ1) is 23.7. The normalized spacial score (nSPS) is 12.1. The van der Waals surface area contributed by atoms with Crippen LogP contribution in [0.5, 0.6) is 5.75 Å². The number of hydrogen-bond donors (Lipinski definition) is 0. The first-order chi connectivity index (χ1) is 15.9. The van der Waals surface area contributed by atoms with Crippen molar-refractivity contribution in [1.82, 2.24) is 4.98 Å². The molecule has 5 heteroatoms. The van der Waals surface area contributed by atoms with Gasteiger partial charge in [0.15, 0.2) is 0 Å². The molecule has 0 unspecified atom stereocenters. The molecule has 4 aromatic rings. The van der Waals surface area contributed by atoms with Gasteiger partial charge in [-0.2, -0.15) is 0 Å². The van der Waals surface area contributed by atoms with Gasteiger partial charge >= 0.3 is 0 Å². The minimum Gasteiger partial charge on any atom is -0.493 e. The number of fused-ring (bicyclic) bond motifs is 1. The lowest BCUT2D eigenvalue weighted by molar-refractivity contribution is 0.240. The van der Waals surface area contributed by atoms with Gasteiger partial charge < -0.3 is 9.16 Å². The number of hydrogen-bond acceptors (Lipinski definition) is 3. The summed E-state index contributed by atoms with van der Waals surface area (Å²) in [6.45, 7) is 8.13. The molecular weight excluding hydrogens is 490 g/mol. The van der Waals surface area contributed by atoms with E-state index in [-0.39, 0.29) is 5.04 Å². The zero-order chi connectivity index (χ0) is 23.3. The molecule has 0 spiro atoms. The number of halogens is 1. The number of pyridine rings is 1. The summed E-state index contributed by atoms with van der Waals surface area (Å²) in [6.07, 6.45) is 2.62. The molecule has 0 aliphatic carbocycles. The topological polar surface area (TPSA) is 31.4 Å². The molecule has 3 nitrogen and oxygen atoms in total. The summed E-state index contributed by atoms with van der Waals surface area (Å²) in [5.74, 6) is 0.853. The van der Waals surface area contributed by atoms with Crippen LogP contribution in [0.25, 0.3) is 10.9 Å². The lowest BCUT2D eigenvalue weighted by Crippen LogP contribution is -2.66. The molecule has 1 aromatic heterocycles. The molecule has 3 aromatic carbocycles. The van der Waals surface area contributed by atoms with Gasteiger partial charge in [-0.1, -0.05) is 87.5 Å². The molecule has 0 N–H and O–H groups in total. The zero-order valence-electron chi connectivity index (χ0n) is 19.4. The van der Waals surface area contributed by atoms with Gasteiger partial charge in [0.25, 0.3) is 8.32 Å². The van der Waals surface area contributed by atoms with E-state index >= 15 is 0 Å². The van der Waals surface area contributed by atoms with E-state index in [0.29, 0.717) is 13.2 Å². The van der Waals surface area contributed by atoms with Crippen molar-refractivity contribution < 1.29 is 9.16 Å². The summed E-state index contributed by atoms with van der Waals surface area (Å²) < 4.78 is 14.1. The summed E-state index contributed by atoms with van der Waals surface area (Å²) in [7, 11) is -2.50. The summed E-state index contributed by atoms with van der Waals surface area (Å²) in [6, 6.07) is 29.5. The second kappa shape index (κ2) is 10.2. The number of aromatic nitrogens is 1. The Morgan fingerprint density at radius 2 is 1.45 bits per heavy atom. The monoisotopic (exact) mass is 519 g/mol. The molecular formula is C28H30BrNO2Si. The van der Waals surface area contributed by atoms with Crippen molar-refractivity contribution >= 4 is 45.5 Å². The van der Waals surface area contributed by atoms with Crippen molar-refractivity contribution in [2.75, 3.05) is 13.2 Å². The first-order valence-corrected chi connectivity index (χ1v) is 14.0. The Morgan fingerprint density at radius 3 is 2.06 bits per heavy atom. The van der Waals surface area contributed by atoms with Crippen LogP contribution in [0, 0.1) is 0 Å². The minimum atomic E-state index is -2.50. The third-order valence-electron chi connectivity index (χ3n) is 5.93. The van der Waals surface area contributed by atoms with Crippen LogP contribution in [-0.2, 0) is 4.43 Å². The van der Waals surface area contributed by atoms with Gasteiger partial charge in [0.05, 0.1) is 12.1 Å². The molecule has 33 heavy (non-hydrogen) atoms. The van der Waals surface area contributed by atoms with Crippen LogP contribution in [0.15, 0.2) is 95.6 Å². The SMILES string of the molecule is CC(C)(C)[Si](OCCCOc1cccc2ncc(Br)cc12)(c1ccccc1)c1ccccc1. The van der Waals surface area contributed by atoms with Gasteiger partial charge in [-0.05, 0) is 49.5 Å². The summed E-state index contributed by atoms with van der Waals surface area (Å²) in [5, 5.41) is 3.59. The van der Waals surface area contributed by atoms with Crippen molar-refractivity contribution in [3.8, 4) is 5.75 Å². The molecule has 0 fully saturated rings. The molecule has 4 rings (SSSR count). The Bertz CT molecular complexity index is 1150. The van der Waals surface area contributed by atoms with E-state index in [4.69, 9.17) is 9.16 Å². The third-order valence-corrected chi connectivity index (χ3v) is 11.4. The van der Waals surface area contributed by atoms with E-state index in [2.05, 4.69) is 108 Å². The van der Waals surface area contributed by atoms with Gasteiger partial charge in [0, 0.05) is 29.1 Å². The lowest BCUT2D eigenvalue weighted by atomic mass is 10.2. The van der Waals surface area contributed by atoms with Crippen LogP contribution in [0.2, 0.25) is 5.04 Å². The smallest absolute Gasteiger partial charge is 0.261 e.